The van der Waals surface area contributed by atoms with E-state index in [-0.39, 0.29) is 37.5 Å². The lowest BCUT2D eigenvalue weighted by Crippen LogP contribution is -2.46. The summed E-state index contributed by atoms with van der Waals surface area (Å²) in [7, 11) is 3.02. The average molecular weight is 632 g/mol. The largest absolute Gasteiger partial charge is 0.493 e. The molecule has 1 aliphatic heterocycles. The molecule has 2 amide bonds. The Morgan fingerprint density at radius 2 is 1.95 bits per heavy atom. The Morgan fingerprint density at radius 3 is 2.63 bits per heavy atom. The molecule has 3 aromatic rings. The number of aliphatic hydroxyl groups excluding tert-OH is 1. The van der Waals surface area contributed by atoms with Gasteiger partial charge in [0.15, 0.2) is 16.6 Å². The minimum absolute atomic E-state index is 0.0558. The van der Waals surface area contributed by atoms with E-state index in [1.807, 2.05) is 13.8 Å². The number of thiazole rings is 1. The fourth-order valence-corrected chi connectivity index (χ4v) is 5.76. The number of halogens is 1. The Kier molecular flexibility index (Phi) is 10.3. The lowest BCUT2D eigenvalue weighted by Gasteiger charge is -2.32. The maximum absolute atomic E-state index is 14.2. The van der Waals surface area contributed by atoms with Gasteiger partial charge in [-0.05, 0) is 30.7 Å². The Hall–Kier alpha value is -3.71. The number of ether oxygens (including phenoxy) is 3. The van der Waals surface area contributed by atoms with Crippen molar-refractivity contribution in [3.8, 4) is 11.5 Å². The molecule has 230 valence electrons. The van der Waals surface area contributed by atoms with Crippen LogP contribution in [0.15, 0.2) is 42.6 Å². The monoisotopic (exact) mass is 631 g/mol. The normalized spacial score (nSPS) is 16.8. The molecular formula is C30H34ClN3O8S. The van der Waals surface area contributed by atoms with Crippen LogP contribution in [0.1, 0.15) is 48.8 Å². The van der Waals surface area contributed by atoms with E-state index >= 15 is 0 Å². The van der Waals surface area contributed by atoms with Gasteiger partial charge < -0.3 is 34.6 Å². The van der Waals surface area contributed by atoms with E-state index in [0.717, 1.165) is 11.3 Å². The first-order valence-electron chi connectivity index (χ1n) is 13.5. The van der Waals surface area contributed by atoms with Gasteiger partial charge in [-0.15, -0.1) is 11.3 Å². The molecule has 2 aromatic carbocycles. The van der Waals surface area contributed by atoms with Gasteiger partial charge >= 0.3 is 5.97 Å². The van der Waals surface area contributed by atoms with E-state index in [4.69, 9.17) is 30.9 Å². The van der Waals surface area contributed by atoms with E-state index < -0.39 is 35.4 Å². The number of aliphatic hydroxyl groups is 1. The number of hydrogen-bond donors (Lipinski definition) is 3. The molecule has 2 atom stereocenters. The third-order valence-corrected chi connectivity index (χ3v) is 8.10. The summed E-state index contributed by atoms with van der Waals surface area (Å²) in [5.41, 5.74) is 0.985. The number of nitrogens with zero attached hydrogens (tertiary/aromatic N) is 2. The lowest BCUT2D eigenvalue weighted by atomic mass is 9.92. The molecule has 0 radical (unpaired) electrons. The summed E-state index contributed by atoms with van der Waals surface area (Å²) in [5.74, 6) is -1.05. The van der Waals surface area contributed by atoms with Gasteiger partial charge in [0.2, 0.25) is 5.91 Å². The molecule has 4 rings (SSSR count). The number of methoxy groups -OCH3 is 2. The predicted molar refractivity (Wildman–Crippen MR) is 162 cm³/mol. The maximum atomic E-state index is 14.2. The molecule has 0 spiro atoms. The second kappa shape index (κ2) is 13.7. The highest BCUT2D eigenvalue weighted by atomic mass is 35.5. The Labute approximate surface area is 258 Å². The molecule has 1 aliphatic rings. The fourth-order valence-electron chi connectivity index (χ4n) is 4.76. The minimum atomic E-state index is -1.24. The first-order chi connectivity index (χ1) is 20.5. The number of anilines is 2. The van der Waals surface area contributed by atoms with Crippen molar-refractivity contribution in [2.75, 3.05) is 37.6 Å². The predicted octanol–water partition coefficient (Wildman–Crippen LogP) is 4.70. The number of amides is 2. The zero-order chi connectivity index (χ0) is 31.3. The highest BCUT2D eigenvalue weighted by Crippen LogP contribution is 2.45. The summed E-state index contributed by atoms with van der Waals surface area (Å²) in [5, 5.41) is 22.4. The van der Waals surface area contributed by atoms with Gasteiger partial charge in [-0.2, -0.15) is 0 Å². The van der Waals surface area contributed by atoms with Crippen molar-refractivity contribution in [1.29, 1.82) is 0 Å². The second-order valence-electron chi connectivity index (χ2n) is 10.8. The highest BCUT2D eigenvalue weighted by molar-refractivity contribution is 7.15. The molecule has 0 bridgehead atoms. The topological polar surface area (TPSA) is 148 Å². The van der Waals surface area contributed by atoms with Gasteiger partial charge in [0, 0.05) is 51.5 Å². The average Bonchev–Trinajstić information content (AvgIpc) is 3.39. The highest BCUT2D eigenvalue weighted by Gasteiger charge is 2.40. The minimum Gasteiger partial charge on any atom is -0.493 e. The third-order valence-electron chi connectivity index (χ3n) is 6.89. The van der Waals surface area contributed by atoms with Crippen molar-refractivity contribution in [2.24, 2.45) is 5.41 Å². The molecule has 3 N–H and O–H groups in total. The maximum Gasteiger partial charge on any atom is 0.303 e. The number of nitrogens with one attached hydrogen (secondary N) is 1. The van der Waals surface area contributed by atoms with E-state index in [1.165, 1.54) is 25.3 Å². The van der Waals surface area contributed by atoms with Crippen molar-refractivity contribution < 1.29 is 38.8 Å². The number of hydrogen-bond acceptors (Lipinski definition) is 9. The number of para-hydroxylation sites is 1. The smallest absolute Gasteiger partial charge is 0.303 e. The van der Waals surface area contributed by atoms with Gasteiger partial charge in [0.05, 0.1) is 27.1 Å². The van der Waals surface area contributed by atoms with Crippen LogP contribution in [0.5, 0.6) is 11.5 Å². The summed E-state index contributed by atoms with van der Waals surface area (Å²) in [6.07, 6.45) is -0.726. The molecule has 2 heterocycles. The van der Waals surface area contributed by atoms with E-state index in [0.29, 0.717) is 38.2 Å². The lowest BCUT2D eigenvalue weighted by molar-refractivity contribution is -0.137. The van der Waals surface area contributed by atoms with Gasteiger partial charge in [-0.25, -0.2) is 4.98 Å². The van der Waals surface area contributed by atoms with Crippen LogP contribution in [0.4, 0.5) is 10.8 Å². The molecule has 0 unspecified atom stereocenters. The van der Waals surface area contributed by atoms with Crippen LogP contribution in [0.2, 0.25) is 5.02 Å². The molecular weight excluding hydrogens is 598 g/mol. The standard InChI is InChI=1S/C30H34ClN3O8S/c1-30(2,16-35)15-34-21-10-8-17(31)12-20(21)26(19-6-5-7-22(40-3)27(19)41-4)42-23(28(34)39)13-24(36)33-29-32-14-18(43-29)9-11-25(37)38/h5-8,10,12,14,23,26,35H,9,11,13,15-16H2,1-4H3,(H,37,38)(H,32,33,36)/t23-,26-/m1/s1. The van der Waals surface area contributed by atoms with Crippen molar-refractivity contribution in [2.45, 2.75) is 45.3 Å². The molecule has 0 fully saturated rings. The van der Waals surface area contributed by atoms with Crippen LogP contribution in [0, 0.1) is 5.41 Å². The molecule has 0 saturated carbocycles. The number of rotatable bonds is 12. The second-order valence-corrected chi connectivity index (χ2v) is 12.4. The quantitative estimate of drug-likeness (QED) is 0.259. The SMILES string of the molecule is COc1cccc([C@H]2O[C@H](CC(=O)Nc3ncc(CCC(=O)O)s3)C(=O)N(CC(C)(C)CO)c3ccc(Cl)cc32)c1OC. The molecule has 1 aromatic heterocycles. The molecule has 11 nitrogen and oxygen atoms in total. The molecule has 43 heavy (non-hydrogen) atoms. The first kappa shape index (κ1) is 32.2. The zero-order valence-corrected chi connectivity index (χ0v) is 25.8. The number of carbonyl (C=O) groups excluding carboxylic acids is 2. The number of aromatic nitrogens is 1. The van der Waals surface area contributed by atoms with Crippen molar-refractivity contribution in [3.63, 3.8) is 0 Å². The first-order valence-corrected chi connectivity index (χ1v) is 14.7. The zero-order valence-electron chi connectivity index (χ0n) is 24.3. The third kappa shape index (κ3) is 7.63. The van der Waals surface area contributed by atoms with Gasteiger partial charge in [-0.3, -0.25) is 14.4 Å². The van der Waals surface area contributed by atoms with Crippen LogP contribution >= 0.6 is 22.9 Å². The van der Waals surface area contributed by atoms with Crippen molar-refractivity contribution >= 4 is 51.5 Å². The number of aryl methyl sites for hydroxylation is 1. The molecule has 0 aliphatic carbocycles. The Bertz CT molecular complexity index is 1490. The van der Waals surface area contributed by atoms with Crippen molar-refractivity contribution in [3.05, 3.63) is 63.6 Å². The Balaban J connectivity index is 1.74. The van der Waals surface area contributed by atoms with Crippen molar-refractivity contribution in [1.82, 2.24) is 4.98 Å². The van der Waals surface area contributed by atoms with Gasteiger partial charge in [0.1, 0.15) is 12.2 Å². The molecule has 0 saturated heterocycles. The van der Waals surface area contributed by atoms with Gasteiger partial charge in [0.25, 0.3) is 5.91 Å². The number of carboxylic acid groups (broad SMARTS) is 1. The van der Waals surface area contributed by atoms with Gasteiger partial charge in [-0.1, -0.05) is 37.6 Å². The van der Waals surface area contributed by atoms with E-state index in [9.17, 15) is 19.5 Å². The van der Waals surface area contributed by atoms with Crippen LogP contribution in [0.3, 0.4) is 0 Å². The Morgan fingerprint density at radius 1 is 1.19 bits per heavy atom. The van der Waals surface area contributed by atoms with Crippen LogP contribution in [0.25, 0.3) is 0 Å². The number of carboxylic acids is 1. The van der Waals surface area contributed by atoms with Crippen LogP contribution < -0.4 is 19.7 Å². The molecule has 13 heteroatoms. The number of benzene rings is 2. The summed E-state index contributed by atoms with van der Waals surface area (Å²) < 4.78 is 17.7. The van der Waals surface area contributed by atoms with Crippen LogP contribution in [-0.4, -0.2) is 66.5 Å². The summed E-state index contributed by atoms with van der Waals surface area (Å²) in [6, 6.07) is 10.4. The van der Waals surface area contributed by atoms with Crippen LogP contribution in [-0.2, 0) is 25.5 Å². The number of carbonyl (C=O) groups is 3. The van der Waals surface area contributed by atoms with E-state index in [1.54, 1.807) is 36.4 Å². The summed E-state index contributed by atoms with van der Waals surface area (Å²) in [6.45, 7) is 3.61. The number of aliphatic carboxylic acids is 1. The van der Waals surface area contributed by atoms with E-state index in [2.05, 4.69) is 10.3 Å². The summed E-state index contributed by atoms with van der Waals surface area (Å²) >= 11 is 7.62. The number of fused-ring (bicyclic) bond motifs is 1. The fraction of sp³-hybridized carbons (Fsp3) is 0.400. The summed E-state index contributed by atoms with van der Waals surface area (Å²) in [4.78, 5) is 44.7.